The van der Waals surface area contributed by atoms with Crippen LogP contribution in [0.25, 0.3) is 11.1 Å². The van der Waals surface area contributed by atoms with Crippen molar-refractivity contribution in [1.29, 1.82) is 0 Å². The van der Waals surface area contributed by atoms with Crippen LogP contribution in [0.4, 0.5) is 18.9 Å². The maximum atomic E-state index is 12.4. The highest BCUT2D eigenvalue weighted by Gasteiger charge is 2.28. The largest absolute Gasteiger partial charge is 0.496 e. The Hall–Kier alpha value is -3.99. The second-order valence-electron chi connectivity index (χ2n) is 9.31. The monoisotopic (exact) mass is 558 g/mol. The van der Waals surface area contributed by atoms with Crippen molar-refractivity contribution in [1.82, 2.24) is 15.2 Å². The molecule has 1 N–H and O–H groups in total. The summed E-state index contributed by atoms with van der Waals surface area (Å²) in [5.74, 6) is 1.39. The van der Waals surface area contributed by atoms with Crippen LogP contribution in [0.3, 0.4) is 0 Å². The number of piperazine rings is 1. The molecule has 1 aromatic heterocycles. The van der Waals surface area contributed by atoms with E-state index in [2.05, 4.69) is 14.8 Å². The van der Waals surface area contributed by atoms with Gasteiger partial charge in [-0.3, -0.25) is 14.7 Å². The average Bonchev–Trinajstić information content (AvgIpc) is 2.96. The first-order valence-corrected chi connectivity index (χ1v) is 13.0. The average molecular weight is 559 g/mol. The van der Waals surface area contributed by atoms with Crippen LogP contribution < -0.4 is 24.4 Å². The number of halogens is 3. The van der Waals surface area contributed by atoms with Crippen molar-refractivity contribution < 1.29 is 32.2 Å². The SMILES string of the molecule is CCOc1cncc(-c2cc(OC)c(CN3CCN(c4ccc(C(=O)NCC(F)(F)F)cc4)CC3)c(OC)c2)c1. The molecular formula is C29H33F3N4O4. The van der Waals surface area contributed by atoms with Crippen LogP contribution in [0, 0.1) is 0 Å². The van der Waals surface area contributed by atoms with E-state index in [1.807, 2.05) is 30.4 Å². The lowest BCUT2D eigenvalue weighted by Crippen LogP contribution is -2.46. The molecule has 0 radical (unpaired) electrons. The van der Waals surface area contributed by atoms with Crippen molar-refractivity contribution in [3.8, 4) is 28.4 Å². The standard InChI is InChI=1S/C29H33F3N4O4/c1-4-40-24-13-22(16-33-17-24)21-14-26(38-2)25(27(15-21)39-3)18-35-9-11-36(12-10-35)23-7-5-20(6-8-23)28(37)34-19-29(30,31)32/h5-8,13-17H,4,9-12,18-19H2,1-3H3,(H,34,37). The molecule has 2 heterocycles. The molecule has 4 rings (SSSR count). The molecule has 0 unspecified atom stereocenters. The van der Waals surface area contributed by atoms with Crippen LogP contribution in [0.1, 0.15) is 22.8 Å². The van der Waals surface area contributed by atoms with Crippen molar-refractivity contribution >= 4 is 11.6 Å². The van der Waals surface area contributed by atoms with Gasteiger partial charge in [-0.05, 0) is 55.0 Å². The van der Waals surface area contributed by atoms with E-state index in [4.69, 9.17) is 14.2 Å². The maximum Gasteiger partial charge on any atom is 0.405 e. The number of amides is 1. The predicted molar refractivity (Wildman–Crippen MR) is 146 cm³/mol. The lowest BCUT2D eigenvalue weighted by molar-refractivity contribution is -0.123. The molecule has 1 fully saturated rings. The van der Waals surface area contributed by atoms with Crippen LogP contribution in [0.15, 0.2) is 54.9 Å². The number of pyridine rings is 1. The number of carbonyl (C=O) groups excluding carboxylic acids is 1. The van der Waals surface area contributed by atoms with Crippen LogP contribution in [-0.2, 0) is 6.54 Å². The fraction of sp³-hybridized carbons (Fsp3) is 0.379. The van der Waals surface area contributed by atoms with Crippen LogP contribution in [-0.4, -0.2) is 75.5 Å². The normalized spacial score (nSPS) is 14.1. The van der Waals surface area contributed by atoms with Gasteiger partial charge in [-0.2, -0.15) is 13.2 Å². The Morgan fingerprint density at radius 1 is 0.950 bits per heavy atom. The number of methoxy groups -OCH3 is 2. The van der Waals surface area contributed by atoms with Gasteiger partial charge in [0.15, 0.2) is 0 Å². The van der Waals surface area contributed by atoms with Gasteiger partial charge in [0.1, 0.15) is 23.8 Å². The van der Waals surface area contributed by atoms with Crippen molar-refractivity contribution in [2.24, 2.45) is 0 Å². The Balaban J connectivity index is 1.40. The molecule has 1 amide bonds. The Kier molecular flexibility index (Phi) is 9.36. The molecule has 8 nitrogen and oxygen atoms in total. The van der Waals surface area contributed by atoms with Gasteiger partial charge in [0, 0.05) is 55.7 Å². The molecular weight excluding hydrogens is 525 g/mol. The fourth-order valence-corrected chi connectivity index (χ4v) is 4.62. The highest BCUT2D eigenvalue weighted by molar-refractivity contribution is 5.94. The zero-order valence-corrected chi connectivity index (χ0v) is 22.8. The van der Waals surface area contributed by atoms with E-state index in [1.165, 1.54) is 0 Å². The molecule has 1 saturated heterocycles. The molecule has 0 saturated carbocycles. The first-order chi connectivity index (χ1) is 19.2. The summed E-state index contributed by atoms with van der Waals surface area (Å²) in [6.07, 6.45) is -0.991. The maximum absolute atomic E-state index is 12.4. The van der Waals surface area contributed by atoms with Crippen molar-refractivity contribution in [3.05, 3.63) is 66.0 Å². The molecule has 2 aromatic carbocycles. The number of alkyl halides is 3. The summed E-state index contributed by atoms with van der Waals surface area (Å²) in [5.41, 5.74) is 3.85. The van der Waals surface area contributed by atoms with Crippen molar-refractivity contribution in [2.75, 3.05) is 58.5 Å². The topological polar surface area (TPSA) is 76.2 Å². The van der Waals surface area contributed by atoms with Gasteiger partial charge >= 0.3 is 6.18 Å². The zero-order chi connectivity index (χ0) is 28.7. The first kappa shape index (κ1) is 29.0. The summed E-state index contributed by atoms with van der Waals surface area (Å²) in [4.78, 5) is 20.8. The van der Waals surface area contributed by atoms with E-state index in [1.54, 1.807) is 50.9 Å². The highest BCUT2D eigenvalue weighted by atomic mass is 19.4. The lowest BCUT2D eigenvalue weighted by Gasteiger charge is -2.36. The molecule has 0 atom stereocenters. The summed E-state index contributed by atoms with van der Waals surface area (Å²) in [7, 11) is 3.28. The molecule has 11 heteroatoms. The number of ether oxygens (including phenoxy) is 3. The van der Waals surface area contributed by atoms with E-state index < -0.39 is 18.6 Å². The molecule has 3 aromatic rings. The van der Waals surface area contributed by atoms with Crippen LogP contribution in [0.5, 0.6) is 17.2 Å². The lowest BCUT2D eigenvalue weighted by atomic mass is 10.0. The Bertz CT molecular complexity index is 1270. The third-order valence-corrected chi connectivity index (χ3v) is 6.66. The number of rotatable bonds is 10. The first-order valence-electron chi connectivity index (χ1n) is 13.0. The quantitative estimate of drug-likeness (QED) is 0.384. The molecule has 40 heavy (non-hydrogen) atoms. The van der Waals surface area contributed by atoms with E-state index in [0.717, 1.165) is 60.1 Å². The summed E-state index contributed by atoms with van der Waals surface area (Å²) >= 11 is 0. The van der Waals surface area contributed by atoms with E-state index in [9.17, 15) is 18.0 Å². The minimum absolute atomic E-state index is 0.190. The second-order valence-corrected chi connectivity index (χ2v) is 9.31. The fourth-order valence-electron chi connectivity index (χ4n) is 4.62. The van der Waals surface area contributed by atoms with E-state index >= 15 is 0 Å². The van der Waals surface area contributed by atoms with Crippen molar-refractivity contribution in [3.63, 3.8) is 0 Å². The van der Waals surface area contributed by atoms with E-state index in [-0.39, 0.29) is 5.56 Å². The van der Waals surface area contributed by atoms with Gasteiger partial charge in [0.2, 0.25) is 0 Å². The summed E-state index contributed by atoms with van der Waals surface area (Å²) < 4.78 is 54.2. The minimum Gasteiger partial charge on any atom is -0.496 e. The number of hydrogen-bond acceptors (Lipinski definition) is 7. The second kappa shape index (κ2) is 12.9. The molecule has 0 aliphatic carbocycles. The third-order valence-electron chi connectivity index (χ3n) is 6.66. The van der Waals surface area contributed by atoms with Gasteiger partial charge < -0.3 is 24.4 Å². The summed E-state index contributed by atoms with van der Waals surface area (Å²) in [6, 6.07) is 12.5. The van der Waals surface area contributed by atoms with Gasteiger partial charge in [-0.15, -0.1) is 0 Å². The number of nitrogens with one attached hydrogen (secondary N) is 1. The number of carbonyl (C=O) groups is 1. The number of hydrogen-bond donors (Lipinski definition) is 1. The van der Waals surface area contributed by atoms with Crippen LogP contribution in [0.2, 0.25) is 0 Å². The summed E-state index contributed by atoms with van der Waals surface area (Å²) in [5, 5.41) is 1.89. The zero-order valence-electron chi connectivity index (χ0n) is 22.8. The number of aromatic nitrogens is 1. The molecule has 0 bridgehead atoms. The summed E-state index contributed by atoms with van der Waals surface area (Å²) in [6.45, 7) is 4.82. The minimum atomic E-state index is -4.45. The van der Waals surface area contributed by atoms with Gasteiger partial charge in [-0.25, -0.2) is 0 Å². The Morgan fingerprint density at radius 3 is 2.17 bits per heavy atom. The molecule has 1 aliphatic heterocycles. The smallest absolute Gasteiger partial charge is 0.405 e. The van der Waals surface area contributed by atoms with E-state index in [0.29, 0.717) is 18.9 Å². The molecule has 214 valence electrons. The predicted octanol–water partition coefficient (Wildman–Crippen LogP) is 4.78. The van der Waals surface area contributed by atoms with Gasteiger partial charge in [0.25, 0.3) is 5.91 Å². The van der Waals surface area contributed by atoms with Crippen molar-refractivity contribution in [2.45, 2.75) is 19.6 Å². The van der Waals surface area contributed by atoms with Gasteiger partial charge in [-0.1, -0.05) is 0 Å². The molecule has 1 aliphatic rings. The number of nitrogens with zero attached hydrogens (tertiary/aromatic N) is 3. The highest BCUT2D eigenvalue weighted by Crippen LogP contribution is 2.37. The van der Waals surface area contributed by atoms with Crippen LogP contribution >= 0.6 is 0 Å². The number of benzene rings is 2. The third kappa shape index (κ3) is 7.35. The number of anilines is 1. The molecule has 0 spiro atoms. The Morgan fingerprint density at radius 2 is 1.60 bits per heavy atom. The van der Waals surface area contributed by atoms with Gasteiger partial charge in [0.05, 0.1) is 32.6 Å². The Labute approximate surface area is 231 Å².